The lowest BCUT2D eigenvalue weighted by molar-refractivity contribution is -0.135. The summed E-state index contributed by atoms with van der Waals surface area (Å²) in [6.07, 6.45) is 0.574. The highest BCUT2D eigenvalue weighted by atomic mass is 16.2. The van der Waals surface area contributed by atoms with E-state index in [0.29, 0.717) is 13.0 Å². The molecule has 0 radical (unpaired) electrons. The molecule has 1 heterocycles. The fourth-order valence-corrected chi connectivity index (χ4v) is 1.09. The molecule has 0 aromatic carbocycles. The Morgan fingerprint density at radius 2 is 2.40 bits per heavy atom. The molecule has 1 unspecified atom stereocenters. The molecule has 2 amide bonds. The van der Waals surface area contributed by atoms with Crippen LogP contribution in [-0.2, 0) is 9.59 Å². The van der Waals surface area contributed by atoms with E-state index in [0.717, 1.165) is 0 Å². The second-order valence-electron chi connectivity index (χ2n) is 2.50. The number of primary amides is 1. The average molecular weight is 142 g/mol. The summed E-state index contributed by atoms with van der Waals surface area (Å²) < 4.78 is 0. The molecule has 1 saturated heterocycles. The molecule has 0 aromatic rings. The van der Waals surface area contributed by atoms with Crippen molar-refractivity contribution in [2.45, 2.75) is 6.42 Å². The number of nitrogens with two attached hydrogens (primary N) is 1. The van der Waals surface area contributed by atoms with Crippen molar-refractivity contribution in [1.29, 1.82) is 0 Å². The predicted molar refractivity (Wildman–Crippen MR) is 34.9 cm³/mol. The Morgan fingerprint density at radius 1 is 1.80 bits per heavy atom. The molecule has 2 N–H and O–H groups in total. The van der Waals surface area contributed by atoms with Crippen LogP contribution in [0.3, 0.4) is 0 Å². The number of hydrogen-bond donors (Lipinski definition) is 1. The first-order chi connectivity index (χ1) is 4.63. The van der Waals surface area contributed by atoms with Crippen LogP contribution in [0, 0.1) is 5.92 Å². The number of carbonyl (C=O) groups excluding carboxylic acids is 2. The van der Waals surface area contributed by atoms with E-state index in [1.807, 2.05) is 0 Å². The van der Waals surface area contributed by atoms with Gasteiger partial charge in [0, 0.05) is 13.6 Å². The lowest BCUT2D eigenvalue weighted by Gasteiger charge is -2.06. The van der Waals surface area contributed by atoms with Gasteiger partial charge < -0.3 is 10.6 Å². The molecule has 0 bridgehead atoms. The summed E-state index contributed by atoms with van der Waals surface area (Å²) in [6, 6.07) is 0. The molecule has 0 spiro atoms. The molecule has 1 rings (SSSR count). The molecule has 10 heavy (non-hydrogen) atoms. The van der Waals surface area contributed by atoms with E-state index in [4.69, 9.17) is 5.73 Å². The van der Waals surface area contributed by atoms with Gasteiger partial charge in [-0.1, -0.05) is 0 Å². The van der Waals surface area contributed by atoms with Crippen molar-refractivity contribution >= 4 is 11.8 Å². The maximum Gasteiger partial charge on any atom is 0.234 e. The van der Waals surface area contributed by atoms with Gasteiger partial charge in [-0.3, -0.25) is 9.59 Å². The molecular formula is C6H10N2O2. The zero-order chi connectivity index (χ0) is 7.72. The SMILES string of the molecule is CN1CCC(C(N)=O)C1=O. The van der Waals surface area contributed by atoms with Gasteiger partial charge in [-0.25, -0.2) is 0 Å². The minimum atomic E-state index is -0.565. The molecule has 1 fully saturated rings. The molecule has 0 aliphatic carbocycles. The van der Waals surface area contributed by atoms with Gasteiger partial charge in [-0.05, 0) is 6.42 Å². The first-order valence-corrected chi connectivity index (χ1v) is 3.17. The number of hydrogen-bond acceptors (Lipinski definition) is 2. The zero-order valence-electron chi connectivity index (χ0n) is 5.83. The van der Waals surface area contributed by atoms with Gasteiger partial charge in [-0.15, -0.1) is 0 Å². The summed E-state index contributed by atoms with van der Waals surface area (Å²) in [4.78, 5) is 23.0. The van der Waals surface area contributed by atoms with Gasteiger partial charge in [0.1, 0.15) is 5.92 Å². The van der Waals surface area contributed by atoms with Crippen LogP contribution in [0.15, 0.2) is 0 Å². The maximum absolute atomic E-state index is 11.0. The third-order valence-corrected chi connectivity index (χ3v) is 1.77. The van der Waals surface area contributed by atoms with Crippen molar-refractivity contribution in [2.75, 3.05) is 13.6 Å². The lowest BCUT2D eigenvalue weighted by Crippen LogP contribution is -2.31. The highest BCUT2D eigenvalue weighted by molar-refractivity contribution is 6.00. The van der Waals surface area contributed by atoms with Gasteiger partial charge in [0.15, 0.2) is 0 Å². The van der Waals surface area contributed by atoms with Crippen LogP contribution < -0.4 is 5.73 Å². The molecule has 1 aliphatic heterocycles. The van der Waals surface area contributed by atoms with Gasteiger partial charge in [0.25, 0.3) is 0 Å². The highest BCUT2D eigenvalue weighted by Gasteiger charge is 2.32. The molecule has 0 saturated carbocycles. The fourth-order valence-electron chi connectivity index (χ4n) is 1.09. The van der Waals surface area contributed by atoms with E-state index in [9.17, 15) is 9.59 Å². The molecule has 56 valence electrons. The Labute approximate surface area is 59.0 Å². The number of carbonyl (C=O) groups is 2. The quantitative estimate of drug-likeness (QED) is 0.475. The van der Waals surface area contributed by atoms with Crippen LogP contribution in [0.25, 0.3) is 0 Å². The Morgan fingerprint density at radius 3 is 2.60 bits per heavy atom. The van der Waals surface area contributed by atoms with Gasteiger partial charge in [-0.2, -0.15) is 0 Å². The van der Waals surface area contributed by atoms with Gasteiger partial charge >= 0.3 is 0 Å². The van der Waals surface area contributed by atoms with E-state index in [1.54, 1.807) is 7.05 Å². The van der Waals surface area contributed by atoms with Crippen molar-refractivity contribution in [3.63, 3.8) is 0 Å². The lowest BCUT2D eigenvalue weighted by atomic mass is 10.1. The van der Waals surface area contributed by atoms with Gasteiger partial charge in [0.05, 0.1) is 0 Å². The van der Waals surface area contributed by atoms with Crippen LogP contribution in [0.4, 0.5) is 0 Å². The number of nitrogens with zero attached hydrogens (tertiary/aromatic N) is 1. The van der Waals surface area contributed by atoms with Crippen molar-refractivity contribution in [1.82, 2.24) is 4.90 Å². The Bertz CT molecular complexity index is 179. The molecule has 1 atom stereocenters. The van der Waals surface area contributed by atoms with Crippen LogP contribution in [0.1, 0.15) is 6.42 Å². The van der Waals surface area contributed by atoms with Gasteiger partial charge in [0.2, 0.25) is 11.8 Å². The third-order valence-electron chi connectivity index (χ3n) is 1.77. The van der Waals surface area contributed by atoms with E-state index in [-0.39, 0.29) is 5.91 Å². The van der Waals surface area contributed by atoms with Crippen molar-refractivity contribution in [3.8, 4) is 0 Å². The minimum absolute atomic E-state index is 0.146. The van der Waals surface area contributed by atoms with E-state index >= 15 is 0 Å². The number of rotatable bonds is 1. The van der Waals surface area contributed by atoms with Crippen LogP contribution in [0.5, 0.6) is 0 Å². The maximum atomic E-state index is 11.0. The van der Waals surface area contributed by atoms with E-state index in [2.05, 4.69) is 0 Å². The largest absolute Gasteiger partial charge is 0.369 e. The fraction of sp³-hybridized carbons (Fsp3) is 0.667. The summed E-state index contributed by atoms with van der Waals surface area (Å²) >= 11 is 0. The normalized spacial score (nSPS) is 25.5. The summed E-state index contributed by atoms with van der Waals surface area (Å²) in [7, 11) is 1.67. The minimum Gasteiger partial charge on any atom is -0.369 e. The monoisotopic (exact) mass is 142 g/mol. The molecule has 0 aromatic heterocycles. The topological polar surface area (TPSA) is 63.4 Å². The Kier molecular flexibility index (Phi) is 1.61. The zero-order valence-corrected chi connectivity index (χ0v) is 5.83. The second-order valence-corrected chi connectivity index (χ2v) is 2.50. The molecule has 1 aliphatic rings. The average Bonchev–Trinajstić information content (AvgIpc) is 2.14. The van der Waals surface area contributed by atoms with Crippen molar-refractivity contribution in [3.05, 3.63) is 0 Å². The smallest absolute Gasteiger partial charge is 0.234 e. The molecule has 4 heteroatoms. The number of amides is 2. The predicted octanol–water partition coefficient (Wildman–Crippen LogP) is -1.05. The van der Waals surface area contributed by atoms with Crippen LogP contribution >= 0.6 is 0 Å². The standard InChI is InChI=1S/C6H10N2O2/c1-8-3-2-4(5(7)9)6(8)10/h4H,2-3H2,1H3,(H2,7,9). The van der Waals surface area contributed by atoms with Crippen molar-refractivity contribution in [2.24, 2.45) is 11.7 Å². The first kappa shape index (κ1) is 7.05. The Hall–Kier alpha value is -1.06. The Balaban J connectivity index is 2.66. The van der Waals surface area contributed by atoms with Crippen molar-refractivity contribution < 1.29 is 9.59 Å². The summed E-state index contributed by atoms with van der Waals surface area (Å²) in [5.41, 5.74) is 4.96. The third kappa shape index (κ3) is 0.964. The molecule has 4 nitrogen and oxygen atoms in total. The molecular weight excluding hydrogens is 132 g/mol. The number of likely N-dealkylation sites (tertiary alicyclic amines) is 1. The second kappa shape index (κ2) is 2.28. The summed E-state index contributed by atoms with van der Waals surface area (Å²) in [5, 5.41) is 0. The van der Waals surface area contributed by atoms with Crippen LogP contribution in [0.2, 0.25) is 0 Å². The van der Waals surface area contributed by atoms with E-state index in [1.165, 1.54) is 4.90 Å². The van der Waals surface area contributed by atoms with E-state index < -0.39 is 11.8 Å². The summed E-state index contributed by atoms with van der Waals surface area (Å²) in [5.74, 6) is -1.22. The highest BCUT2D eigenvalue weighted by Crippen LogP contribution is 2.14. The summed E-state index contributed by atoms with van der Waals surface area (Å²) in [6.45, 7) is 0.645. The first-order valence-electron chi connectivity index (χ1n) is 3.17. The van der Waals surface area contributed by atoms with Crippen LogP contribution in [-0.4, -0.2) is 30.3 Å².